The Kier molecular flexibility index (Phi) is 7.14. The predicted octanol–water partition coefficient (Wildman–Crippen LogP) is 5.67. The number of halogens is 4. The van der Waals surface area contributed by atoms with Gasteiger partial charge in [0.2, 0.25) is 0 Å². The first-order chi connectivity index (χ1) is 19.7. The third-order valence-electron chi connectivity index (χ3n) is 8.37. The van der Waals surface area contributed by atoms with E-state index in [1.165, 1.54) is 19.2 Å². The van der Waals surface area contributed by atoms with Crippen molar-refractivity contribution in [3.05, 3.63) is 65.5 Å². The van der Waals surface area contributed by atoms with Gasteiger partial charge in [-0.05, 0) is 91.2 Å². The molecule has 1 N–H and O–H groups in total. The van der Waals surface area contributed by atoms with E-state index in [0.29, 0.717) is 24.2 Å². The number of carbonyl (C=O) groups excluding carboxylic acids is 1. The lowest BCUT2D eigenvalue weighted by Crippen LogP contribution is -2.52. The van der Waals surface area contributed by atoms with E-state index in [9.17, 15) is 22.4 Å². The van der Waals surface area contributed by atoms with Crippen molar-refractivity contribution in [1.82, 2.24) is 10.7 Å². The summed E-state index contributed by atoms with van der Waals surface area (Å²) in [5, 5.41) is 4.43. The first-order valence-corrected chi connectivity index (χ1v) is 13.6. The maximum absolute atomic E-state index is 13.8. The maximum Gasteiger partial charge on any atom is 0.497 e. The zero-order valence-corrected chi connectivity index (χ0v) is 22.4. The molecule has 0 bridgehead atoms. The average Bonchev–Trinajstić information content (AvgIpc) is 3.77. The minimum atomic E-state index is -4.72. The Hall–Kier alpha value is -3.64. The Labute approximate surface area is 234 Å². The second kappa shape index (κ2) is 10.6. The fraction of sp³-hybridized carbons (Fsp3) is 0.448. The minimum Gasteiger partial charge on any atom is -0.490 e. The van der Waals surface area contributed by atoms with Gasteiger partial charge in [-0.25, -0.2) is 14.9 Å². The van der Waals surface area contributed by atoms with Crippen molar-refractivity contribution in [2.75, 3.05) is 18.7 Å². The molecule has 8 nitrogen and oxygen atoms in total. The van der Waals surface area contributed by atoms with Crippen LogP contribution in [0.15, 0.2) is 53.6 Å². The van der Waals surface area contributed by atoms with E-state index in [0.717, 1.165) is 48.2 Å². The number of nitrogens with one attached hydrogen (secondary N) is 1. The summed E-state index contributed by atoms with van der Waals surface area (Å²) >= 11 is 0. The highest BCUT2D eigenvalue weighted by molar-refractivity contribution is 5.84. The van der Waals surface area contributed by atoms with Crippen LogP contribution in [0.5, 0.6) is 5.75 Å². The van der Waals surface area contributed by atoms with E-state index in [1.807, 2.05) is 11.6 Å². The molecule has 2 aromatic rings. The zero-order chi connectivity index (χ0) is 28.8. The van der Waals surface area contributed by atoms with Crippen molar-refractivity contribution in [2.24, 2.45) is 11.0 Å². The number of methoxy groups -OCH3 is 1. The van der Waals surface area contributed by atoms with Gasteiger partial charge in [-0.2, -0.15) is 18.3 Å². The Bertz CT molecular complexity index is 1360. The molecule has 2 heterocycles. The number of anilines is 1. The molecule has 0 unspecified atom stereocenters. The van der Waals surface area contributed by atoms with Gasteiger partial charge >= 0.3 is 12.3 Å². The highest BCUT2D eigenvalue weighted by Gasteiger charge is 2.54. The highest BCUT2D eigenvalue weighted by atomic mass is 19.4. The largest absolute Gasteiger partial charge is 0.497 e. The average molecular weight is 575 g/mol. The van der Waals surface area contributed by atoms with Crippen LogP contribution >= 0.6 is 0 Å². The monoisotopic (exact) mass is 574 g/mol. The molecule has 3 atom stereocenters. The molecule has 12 heteroatoms. The molecule has 0 aromatic heterocycles. The molecule has 0 saturated heterocycles. The van der Waals surface area contributed by atoms with Gasteiger partial charge in [0.1, 0.15) is 17.9 Å². The second-order valence-corrected chi connectivity index (χ2v) is 10.8. The highest BCUT2D eigenvalue weighted by Crippen LogP contribution is 2.54. The van der Waals surface area contributed by atoms with Crippen molar-refractivity contribution >= 4 is 23.6 Å². The van der Waals surface area contributed by atoms with Crippen LogP contribution in [0.3, 0.4) is 0 Å². The number of rotatable bonds is 6. The van der Waals surface area contributed by atoms with Gasteiger partial charge < -0.3 is 14.2 Å². The minimum absolute atomic E-state index is 0.0142. The number of carbonyl (C=O) groups is 1. The molecule has 2 aliphatic heterocycles. The number of ether oxygens (including phenoxy) is 3. The summed E-state index contributed by atoms with van der Waals surface area (Å²) in [6, 6.07) is 10.9. The molecule has 2 aliphatic carbocycles. The molecular weight excluding hydrogens is 544 g/mol. The predicted molar refractivity (Wildman–Crippen MR) is 142 cm³/mol. The number of esters is 1. The van der Waals surface area contributed by atoms with Crippen molar-refractivity contribution in [2.45, 2.75) is 62.4 Å². The molecule has 6 rings (SSSR count). The molecule has 2 saturated carbocycles. The number of hydrogen-bond donors (Lipinski definition) is 1. The van der Waals surface area contributed by atoms with Crippen molar-refractivity contribution in [3.8, 4) is 5.75 Å². The van der Waals surface area contributed by atoms with Crippen LogP contribution in [0.25, 0.3) is 5.57 Å². The van der Waals surface area contributed by atoms with Gasteiger partial charge in [0, 0.05) is 11.5 Å². The molecular formula is C29H30F4N4O4. The van der Waals surface area contributed by atoms with Gasteiger partial charge in [0.15, 0.2) is 0 Å². The molecule has 2 fully saturated rings. The van der Waals surface area contributed by atoms with Crippen LogP contribution in [-0.4, -0.2) is 49.1 Å². The quantitative estimate of drug-likeness (QED) is 0.271. The van der Waals surface area contributed by atoms with Crippen LogP contribution in [0, 0.1) is 11.7 Å². The summed E-state index contributed by atoms with van der Waals surface area (Å²) in [6.45, 7) is 0.158. The number of alkyl halides is 3. The number of benzene rings is 2. The Morgan fingerprint density at radius 2 is 1.88 bits per heavy atom. The molecule has 2 aromatic carbocycles. The molecule has 1 spiro atoms. The zero-order valence-electron chi connectivity index (χ0n) is 22.4. The SMILES string of the molecule is COC(=O)[C@H]1CC[C@@]2(C=C(c3cc(N4C=NNN4C(F)(F)F)ccc3OC3CCCC3)CO2)[C@@H]1c1ccc(F)cc1. The fourth-order valence-electron chi connectivity index (χ4n) is 6.50. The van der Waals surface area contributed by atoms with E-state index >= 15 is 0 Å². The molecule has 0 amide bonds. The van der Waals surface area contributed by atoms with Crippen LogP contribution in [0.2, 0.25) is 0 Å². The molecule has 4 aliphatic rings. The van der Waals surface area contributed by atoms with E-state index in [4.69, 9.17) is 14.2 Å². The first kappa shape index (κ1) is 27.5. The molecule has 0 radical (unpaired) electrons. The lowest BCUT2D eigenvalue weighted by atomic mass is 9.79. The van der Waals surface area contributed by atoms with Crippen LogP contribution in [-0.2, 0) is 14.3 Å². The van der Waals surface area contributed by atoms with Crippen molar-refractivity contribution in [1.29, 1.82) is 0 Å². The third kappa shape index (κ3) is 5.14. The Morgan fingerprint density at radius 3 is 2.59 bits per heavy atom. The van der Waals surface area contributed by atoms with E-state index in [-0.39, 0.29) is 29.5 Å². The molecule has 218 valence electrons. The number of hydrazone groups is 1. The van der Waals surface area contributed by atoms with Gasteiger partial charge in [0.25, 0.3) is 0 Å². The fourth-order valence-corrected chi connectivity index (χ4v) is 6.50. The van der Waals surface area contributed by atoms with E-state index in [2.05, 4.69) is 5.10 Å². The second-order valence-electron chi connectivity index (χ2n) is 10.8. The smallest absolute Gasteiger partial charge is 0.490 e. The van der Waals surface area contributed by atoms with Crippen LogP contribution in [0.1, 0.15) is 55.6 Å². The lowest BCUT2D eigenvalue weighted by molar-refractivity contribution is -0.259. The van der Waals surface area contributed by atoms with Gasteiger partial charge in [0.05, 0.1) is 37.0 Å². The number of hydrogen-bond acceptors (Lipinski definition) is 8. The summed E-state index contributed by atoms with van der Waals surface area (Å²) in [5.74, 6) is -1.16. The summed E-state index contributed by atoms with van der Waals surface area (Å²) < 4.78 is 72.6. The summed E-state index contributed by atoms with van der Waals surface area (Å²) in [7, 11) is 1.34. The van der Waals surface area contributed by atoms with E-state index < -0.39 is 29.6 Å². The Balaban J connectivity index is 1.41. The third-order valence-corrected chi connectivity index (χ3v) is 8.37. The van der Waals surface area contributed by atoms with Gasteiger partial charge in [-0.15, -0.1) is 0 Å². The number of hydrazine groups is 2. The van der Waals surface area contributed by atoms with Gasteiger partial charge in [-0.1, -0.05) is 12.1 Å². The first-order valence-electron chi connectivity index (χ1n) is 13.6. The normalized spacial score (nSPS) is 26.6. The Morgan fingerprint density at radius 1 is 1.12 bits per heavy atom. The maximum atomic E-state index is 13.8. The number of nitrogens with zero attached hydrogens (tertiary/aromatic N) is 3. The lowest BCUT2D eigenvalue weighted by Gasteiger charge is -2.31. The summed E-state index contributed by atoms with van der Waals surface area (Å²) in [6.07, 6.45) is 3.23. The van der Waals surface area contributed by atoms with E-state index in [1.54, 1.807) is 30.3 Å². The van der Waals surface area contributed by atoms with Crippen LogP contribution < -0.4 is 15.3 Å². The molecule has 41 heavy (non-hydrogen) atoms. The van der Waals surface area contributed by atoms with Crippen LogP contribution in [0.4, 0.5) is 23.2 Å². The standard InChI is InChI=1S/C29H30F4N4O4/c1-39-27(38)23-12-13-28(26(23)18-6-8-20(30)9-7-18)15-19(16-40-28)24-14-21(36-17-34-35-37(36)29(31,32)33)10-11-25(24)41-22-4-2-3-5-22/h6-11,14-15,17,22-23,26,35H,2-5,12-13,16H2,1H3/t23-,26+,28+/m0/s1. The summed E-state index contributed by atoms with van der Waals surface area (Å²) in [4.78, 5) is 12.8. The topological polar surface area (TPSA) is 75.6 Å². The van der Waals surface area contributed by atoms with Crippen molar-refractivity contribution in [3.63, 3.8) is 0 Å². The van der Waals surface area contributed by atoms with Crippen molar-refractivity contribution < 1.29 is 36.6 Å². The summed E-state index contributed by atoms with van der Waals surface area (Å²) in [5.41, 5.74) is 3.38. The van der Waals surface area contributed by atoms with Gasteiger partial charge in [-0.3, -0.25) is 4.79 Å².